The van der Waals surface area contributed by atoms with Crippen molar-refractivity contribution in [3.05, 3.63) is 28.0 Å². The minimum Gasteiger partial charge on any atom is -0.396 e. The Kier molecular flexibility index (Phi) is 4.43. The number of hydrogen-bond acceptors (Lipinski definition) is 3. The maximum atomic E-state index is 12.4. The second-order valence-electron chi connectivity index (χ2n) is 4.42. The summed E-state index contributed by atoms with van der Waals surface area (Å²) in [4.78, 5) is 17.9. The first-order valence-electron chi connectivity index (χ1n) is 5.82. The van der Waals surface area contributed by atoms with Gasteiger partial charge in [0.1, 0.15) is 0 Å². The van der Waals surface area contributed by atoms with Crippen molar-refractivity contribution < 1.29 is 9.90 Å². The Labute approximate surface area is 116 Å². The highest BCUT2D eigenvalue weighted by molar-refractivity contribution is 6.39. The van der Waals surface area contributed by atoms with Crippen LogP contribution in [-0.2, 0) is 0 Å². The number of piperidine rings is 1. The van der Waals surface area contributed by atoms with Gasteiger partial charge < -0.3 is 10.0 Å². The van der Waals surface area contributed by atoms with Crippen LogP contribution in [-0.4, -0.2) is 40.6 Å². The number of carbonyl (C=O) groups is 1. The molecule has 98 valence electrons. The molecule has 1 N–H and O–H groups in total. The highest BCUT2D eigenvalue weighted by atomic mass is 35.5. The third-order valence-corrected chi connectivity index (χ3v) is 3.70. The molecule has 1 aromatic rings. The molecule has 0 aromatic carbocycles. The number of pyridine rings is 1. The summed E-state index contributed by atoms with van der Waals surface area (Å²) in [5, 5.41) is 9.70. The van der Waals surface area contributed by atoms with Crippen LogP contribution in [0.25, 0.3) is 0 Å². The van der Waals surface area contributed by atoms with E-state index >= 15 is 0 Å². The highest BCUT2D eigenvalue weighted by Crippen LogP contribution is 2.26. The fourth-order valence-electron chi connectivity index (χ4n) is 2.17. The molecule has 1 aliphatic rings. The molecule has 18 heavy (non-hydrogen) atoms. The molecule has 0 saturated carbocycles. The van der Waals surface area contributed by atoms with Crippen LogP contribution < -0.4 is 0 Å². The van der Waals surface area contributed by atoms with E-state index in [1.807, 2.05) is 0 Å². The van der Waals surface area contributed by atoms with Gasteiger partial charge in [-0.25, -0.2) is 0 Å². The van der Waals surface area contributed by atoms with Gasteiger partial charge in [0.25, 0.3) is 5.91 Å². The SMILES string of the molecule is O=C(c1c(Cl)cncc1Cl)N1CCC[C@@H](CO)C1. The van der Waals surface area contributed by atoms with Gasteiger partial charge in [-0.2, -0.15) is 0 Å². The number of rotatable bonds is 2. The van der Waals surface area contributed by atoms with Gasteiger partial charge in [0.2, 0.25) is 0 Å². The maximum absolute atomic E-state index is 12.4. The number of aromatic nitrogens is 1. The predicted molar refractivity (Wildman–Crippen MR) is 70.0 cm³/mol. The molecule has 0 spiro atoms. The molecule has 2 rings (SSSR count). The van der Waals surface area contributed by atoms with E-state index < -0.39 is 0 Å². The first-order valence-corrected chi connectivity index (χ1v) is 6.58. The third kappa shape index (κ3) is 2.76. The molecule has 0 aliphatic carbocycles. The Hall–Kier alpha value is -0.840. The molecular formula is C12H14Cl2N2O2. The Bertz CT molecular complexity index is 433. The third-order valence-electron chi connectivity index (χ3n) is 3.13. The summed E-state index contributed by atoms with van der Waals surface area (Å²) in [6.45, 7) is 1.32. The molecule has 0 unspecified atom stereocenters. The van der Waals surface area contributed by atoms with E-state index in [9.17, 15) is 9.90 Å². The van der Waals surface area contributed by atoms with E-state index in [0.717, 1.165) is 12.8 Å². The Morgan fingerprint density at radius 3 is 2.72 bits per heavy atom. The van der Waals surface area contributed by atoms with Crippen LogP contribution in [0.2, 0.25) is 10.0 Å². The summed E-state index contributed by atoms with van der Waals surface area (Å²) in [5.74, 6) is -0.0485. The smallest absolute Gasteiger partial charge is 0.257 e. The fraction of sp³-hybridized carbons (Fsp3) is 0.500. The Morgan fingerprint density at radius 1 is 1.44 bits per heavy atom. The molecule has 4 nitrogen and oxygen atoms in total. The van der Waals surface area contributed by atoms with Crippen LogP contribution in [0.1, 0.15) is 23.2 Å². The van der Waals surface area contributed by atoms with Crippen LogP contribution in [0, 0.1) is 5.92 Å². The molecule has 1 amide bonds. The van der Waals surface area contributed by atoms with Crippen LogP contribution in [0.3, 0.4) is 0 Å². The summed E-state index contributed by atoms with van der Waals surface area (Å²) < 4.78 is 0. The van der Waals surface area contributed by atoms with Gasteiger partial charge in [0.05, 0.1) is 15.6 Å². The highest BCUT2D eigenvalue weighted by Gasteiger charge is 2.26. The van der Waals surface area contributed by atoms with E-state index in [-0.39, 0.29) is 28.5 Å². The van der Waals surface area contributed by atoms with E-state index in [1.54, 1.807) is 4.90 Å². The van der Waals surface area contributed by atoms with Gasteiger partial charge in [0.15, 0.2) is 0 Å². The molecule has 6 heteroatoms. The predicted octanol–water partition coefficient (Wildman–Crippen LogP) is 2.23. The topological polar surface area (TPSA) is 53.4 Å². The van der Waals surface area contributed by atoms with E-state index in [2.05, 4.69) is 4.98 Å². The van der Waals surface area contributed by atoms with Gasteiger partial charge in [-0.05, 0) is 18.8 Å². The van der Waals surface area contributed by atoms with E-state index in [4.69, 9.17) is 23.2 Å². The van der Waals surface area contributed by atoms with Crippen molar-refractivity contribution in [3.63, 3.8) is 0 Å². The molecule has 1 atom stereocenters. The molecular weight excluding hydrogens is 275 g/mol. The minimum atomic E-state index is -0.189. The number of carbonyl (C=O) groups excluding carboxylic acids is 1. The number of likely N-dealkylation sites (tertiary alicyclic amines) is 1. The first kappa shape index (κ1) is 13.6. The fourth-order valence-corrected chi connectivity index (χ4v) is 2.70. The van der Waals surface area contributed by atoms with Crippen molar-refractivity contribution >= 4 is 29.1 Å². The molecule has 1 aromatic heterocycles. The summed E-state index contributed by atoms with van der Waals surface area (Å²) in [7, 11) is 0. The minimum absolute atomic E-state index is 0.0988. The van der Waals surface area contributed by atoms with Gasteiger partial charge in [-0.3, -0.25) is 9.78 Å². The summed E-state index contributed by atoms with van der Waals surface area (Å²) in [6.07, 6.45) is 4.65. The monoisotopic (exact) mass is 288 g/mol. The lowest BCUT2D eigenvalue weighted by Gasteiger charge is -2.32. The lowest BCUT2D eigenvalue weighted by molar-refractivity contribution is 0.0621. The molecule has 1 fully saturated rings. The summed E-state index contributed by atoms with van der Waals surface area (Å²) in [5.41, 5.74) is 0.298. The number of halogens is 2. The van der Waals surface area contributed by atoms with Crippen molar-refractivity contribution in [2.75, 3.05) is 19.7 Å². The van der Waals surface area contributed by atoms with E-state index in [1.165, 1.54) is 12.4 Å². The normalized spacial score (nSPS) is 19.9. The largest absolute Gasteiger partial charge is 0.396 e. The van der Waals surface area contributed by atoms with E-state index in [0.29, 0.717) is 18.7 Å². The first-order chi connectivity index (χ1) is 8.63. The van der Waals surface area contributed by atoms with Crippen LogP contribution in [0.5, 0.6) is 0 Å². The van der Waals surface area contributed by atoms with Crippen LogP contribution in [0.15, 0.2) is 12.4 Å². The van der Waals surface area contributed by atoms with Gasteiger partial charge in [0, 0.05) is 32.1 Å². The number of aliphatic hydroxyl groups is 1. The van der Waals surface area contributed by atoms with Crippen molar-refractivity contribution in [2.45, 2.75) is 12.8 Å². The van der Waals surface area contributed by atoms with Crippen LogP contribution in [0.4, 0.5) is 0 Å². The van der Waals surface area contributed by atoms with Crippen molar-refractivity contribution in [2.24, 2.45) is 5.92 Å². The number of nitrogens with zero attached hydrogens (tertiary/aromatic N) is 2. The van der Waals surface area contributed by atoms with Gasteiger partial charge >= 0.3 is 0 Å². The maximum Gasteiger partial charge on any atom is 0.257 e. The molecule has 1 saturated heterocycles. The standard InChI is InChI=1S/C12H14Cl2N2O2/c13-9-4-15-5-10(14)11(9)12(18)16-3-1-2-8(6-16)7-17/h4-5,8,17H,1-3,6-7H2/t8-/m1/s1. The zero-order valence-electron chi connectivity index (χ0n) is 9.77. The zero-order chi connectivity index (χ0) is 13.1. The molecule has 0 bridgehead atoms. The average Bonchev–Trinajstić information content (AvgIpc) is 2.38. The van der Waals surface area contributed by atoms with Gasteiger partial charge in [-0.15, -0.1) is 0 Å². The lowest BCUT2D eigenvalue weighted by atomic mass is 9.98. The molecule has 2 heterocycles. The number of amides is 1. The number of aliphatic hydroxyl groups excluding tert-OH is 1. The Morgan fingerprint density at radius 2 is 2.11 bits per heavy atom. The van der Waals surface area contributed by atoms with Crippen LogP contribution >= 0.6 is 23.2 Å². The van der Waals surface area contributed by atoms with Crippen molar-refractivity contribution in [1.29, 1.82) is 0 Å². The quantitative estimate of drug-likeness (QED) is 0.908. The number of hydrogen-bond donors (Lipinski definition) is 1. The van der Waals surface area contributed by atoms with Crippen molar-refractivity contribution in [1.82, 2.24) is 9.88 Å². The lowest BCUT2D eigenvalue weighted by Crippen LogP contribution is -2.41. The second-order valence-corrected chi connectivity index (χ2v) is 5.23. The zero-order valence-corrected chi connectivity index (χ0v) is 11.3. The average molecular weight is 289 g/mol. The van der Waals surface area contributed by atoms with Gasteiger partial charge in [-0.1, -0.05) is 23.2 Å². The Balaban J connectivity index is 2.20. The molecule has 0 radical (unpaired) electrons. The molecule has 1 aliphatic heterocycles. The van der Waals surface area contributed by atoms with Crippen molar-refractivity contribution in [3.8, 4) is 0 Å². The summed E-state index contributed by atoms with van der Waals surface area (Å²) >= 11 is 11.9. The summed E-state index contributed by atoms with van der Waals surface area (Å²) in [6, 6.07) is 0. The second kappa shape index (κ2) is 5.87.